The first-order chi connectivity index (χ1) is 9.70. The Bertz CT molecular complexity index is 404. The molecule has 1 aliphatic heterocycles. The highest BCUT2D eigenvalue weighted by Gasteiger charge is 2.22. The summed E-state index contributed by atoms with van der Waals surface area (Å²) in [5, 5.41) is 9.22. The van der Waals surface area contributed by atoms with Gasteiger partial charge in [-0.3, -0.25) is 4.90 Å². The van der Waals surface area contributed by atoms with E-state index in [1.165, 1.54) is 24.8 Å². The maximum atomic E-state index is 9.22. The van der Waals surface area contributed by atoms with E-state index in [0.29, 0.717) is 6.04 Å². The zero-order valence-corrected chi connectivity index (χ0v) is 12.7. The van der Waals surface area contributed by atoms with E-state index >= 15 is 0 Å². The Balaban J connectivity index is 2.07. The van der Waals surface area contributed by atoms with Crippen LogP contribution >= 0.6 is 0 Å². The van der Waals surface area contributed by atoms with E-state index in [2.05, 4.69) is 36.9 Å². The van der Waals surface area contributed by atoms with Crippen molar-refractivity contribution in [1.29, 1.82) is 0 Å². The molecule has 1 N–H and O–H groups in total. The zero-order chi connectivity index (χ0) is 14.4. The minimum Gasteiger partial charge on any atom is -0.491 e. The summed E-state index contributed by atoms with van der Waals surface area (Å²) in [7, 11) is 0. The molecule has 2 rings (SSSR count). The zero-order valence-electron chi connectivity index (χ0n) is 12.7. The molecule has 0 spiro atoms. The Morgan fingerprint density at radius 2 is 2.10 bits per heavy atom. The van der Waals surface area contributed by atoms with Gasteiger partial charge in [0.2, 0.25) is 0 Å². The number of piperidine rings is 1. The van der Waals surface area contributed by atoms with Crippen molar-refractivity contribution in [3.8, 4) is 5.75 Å². The number of aliphatic hydroxyl groups excluding tert-OH is 1. The van der Waals surface area contributed by atoms with Crippen LogP contribution in [0.25, 0.3) is 0 Å². The van der Waals surface area contributed by atoms with Crippen molar-refractivity contribution < 1.29 is 9.84 Å². The highest BCUT2D eigenvalue weighted by Crippen LogP contribution is 2.26. The van der Waals surface area contributed by atoms with E-state index in [0.717, 1.165) is 25.3 Å². The second kappa shape index (κ2) is 7.65. The molecule has 1 aliphatic rings. The molecule has 0 aromatic heterocycles. The fourth-order valence-corrected chi connectivity index (χ4v) is 2.97. The normalized spacial score (nSPS) is 20.3. The number of likely N-dealkylation sites (tertiary alicyclic amines) is 1. The Hall–Kier alpha value is -1.06. The van der Waals surface area contributed by atoms with Crippen molar-refractivity contribution >= 4 is 0 Å². The quantitative estimate of drug-likeness (QED) is 0.866. The van der Waals surface area contributed by atoms with Crippen LogP contribution in [0, 0.1) is 0 Å². The van der Waals surface area contributed by atoms with Gasteiger partial charge in [-0.05, 0) is 45.7 Å². The van der Waals surface area contributed by atoms with Gasteiger partial charge in [0, 0.05) is 24.8 Å². The number of para-hydroxylation sites is 1. The Labute approximate surface area is 122 Å². The van der Waals surface area contributed by atoms with Crippen molar-refractivity contribution in [2.45, 2.75) is 58.2 Å². The molecule has 1 heterocycles. The van der Waals surface area contributed by atoms with Crippen LogP contribution in [0.1, 0.15) is 45.1 Å². The molecule has 1 unspecified atom stereocenters. The first-order valence-corrected chi connectivity index (χ1v) is 7.80. The van der Waals surface area contributed by atoms with Crippen LogP contribution in [0.2, 0.25) is 0 Å². The van der Waals surface area contributed by atoms with Gasteiger partial charge in [0.25, 0.3) is 0 Å². The van der Waals surface area contributed by atoms with Gasteiger partial charge in [0.05, 0.1) is 6.10 Å². The average Bonchev–Trinajstić information content (AvgIpc) is 2.43. The van der Waals surface area contributed by atoms with E-state index in [9.17, 15) is 5.11 Å². The monoisotopic (exact) mass is 277 g/mol. The molecule has 1 aromatic carbocycles. The molecule has 20 heavy (non-hydrogen) atoms. The number of ether oxygens (including phenoxy) is 1. The number of hydrogen-bond acceptors (Lipinski definition) is 3. The second-order valence-electron chi connectivity index (χ2n) is 5.91. The lowest BCUT2D eigenvalue weighted by Crippen LogP contribution is -2.39. The van der Waals surface area contributed by atoms with Crippen LogP contribution in [0.3, 0.4) is 0 Å². The van der Waals surface area contributed by atoms with Gasteiger partial charge in [-0.15, -0.1) is 0 Å². The summed E-state index contributed by atoms with van der Waals surface area (Å²) >= 11 is 0. The number of nitrogens with zero attached hydrogens (tertiary/aromatic N) is 1. The van der Waals surface area contributed by atoms with Gasteiger partial charge in [-0.1, -0.05) is 24.6 Å². The van der Waals surface area contributed by atoms with Crippen LogP contribution in [-0.4, -0.2) is 35.3 Å². The third kappa shape index (κ3) is 4.22. The van der Waals surface area contributed by atoms with E-state index in [4.69, 9.17) is 4.74 Å². The molecule has 1 aromatic rings. The molecule has 1 atom stereocenters. The number of hydrogen-bond donors (Lipinski definition) is 1. The predicted molar refractivity (Wildman–Crippen MR) is 82.0 cm³/mol. The van der Waals surface area contributed by atoms with Crippen molar-refractivity contribution in [2.24, 2.45) is 0 Å². The molecule has 3 heteroatoms. The topological polar surface area (TPSA) is 32.7 Å². The van der Waals surface area contributed by atoms with Crippen molar-refractivity contribution in [1.82, 2.24) is 4.90 Å². The number of rotatable bonds is 6. The van der Waals surface area contributed by atoms with Crippen molar-refractivity contribution in [3.05, 3.63) is 29.8 Å². The predicted octanol–water partition coefficient (Wildman–Crippen LogP) is 3.21. The second-order valence-corrected chi connectivity index (χ2v) is 5.91. The summed E-state index contributed by atoms with van der Waals surface area (Å²) in [5.41, 5.74) is 1.26. The van der Waals surface area contributed by atoms with Gasteiger partial charge < -0.3 is 9.84 Å². The van der Waals surface area contributed by atoms with Gasteiger partial charge in [0.1, 0.15) is 5.75 Å². The molecule has 1 saturated heterocycles. The van der Waals surface area contributed by atoms with Crippen LogP contribution in [-0.2, 0) is 6.54 Å². The van der Waals surface area contributed by atoms with Crippen molar-refractivity contribution in [3.63, 3.8) is 0 Å². The molecule has 0 radical (unpaired) electrons. The van der Waals surface area contributed by atoms with E-state index in [1.807, 2.05) is 6.07 Å². The third-order valence-corrected chi connectivity index (χ3v) is 3.92. The van der Waals surface area contributed by atoms with Crippen LogP contribution < -0.4 is 4.74 Å². The minimum absolute atomic E-state index is 0.200. The smallest absolute Gasteiger partial charge is 0.124 e. The largest absolute Gasteiger partial charge is 0.491 e. The lowest BCUT2D eigenvalue weighted by molar-refractivity contribution is 0.110. The SMILES string of the molecule is CC(C)Oc1ccccc1CN1CCCCC1CCO. The van der Waals surface area contributed by atoms with E-state index in [-0.39, 0.29) is 12.7 Å². The Kier molecular flexibility index (Phi) is 5.86. The lowest BCUT2D eigenvalue weighted by Gasteiger charge is -2.36. The summed E-state index contributed by atoms with van der Waals surface area (Å²) in [6.45, 7) is 6.46. The molecule has 0 saturated carbocycles. The van der Waals surface area contributed by atoms with Gasteiger partial charge >= 0.3 is 0 Å². The molecule has 112 valence electrons. The fourth-order valence-electron chi connectivity index (χ4n) is 2.97. The maximum absolute atomic E-state index is 9.22. The highest BCUT2D eigenvalue weighted by molar-refractivity contribution is 5.33. The molecule has 1 fully saturated rings. The Morgan fingerprint density at radius 3 is 2.85 bits per heavy atom. The summed E-state index contributed by atoms with van der Waals surface area (Å²) in [6.07, 6.45) is 4.83. The first-order valence-electron chi connectivity index (χ1n) is 7.80. The third-order valence-electron chi connectivity index (χ3n) is 3.92. The molecule has 0 aliphatic carbocycles. The highest BCUT2D eigenvalue weighted by atomic mass is 16.5. The summed E-state index contributed by atoms with van der Waals surface area (Å²) < 4.78 is 5.91. The van der Waals surface area contributed by atoms with E-state index < -0.39 is 0 Å². The van der Waals surface area contributed by atoms with Crippen LogP contribution in [0.5, 0.6) is 5.75 Å². The van der Waals surface area contributed by atoms with Gasteiger partial charge in [-0.25, -0.2) is 0 Å². The lowest BCUT2D eigenvalue weighted by atomic mass is 9.98. The molecule has 3 nitrogen and oxygen atoms in total. The molecular formula is C17H27NO2. The summed E-state index contributed by atoms with van der Waals surface area (Å²) in [6, 6.07) is 8.83. The number of benzene rings is 1. The average molecular weight is 277 g/mol. The van der Waals surface area contributed by atoms with Crippen LogP contribution in [0.4, 0.5) is 0 Å². The van der Waals surface area contributed by atoms with Crippen LogP contribution in [0.15, 0.2) is 24.3 Å². The summed E-state index contributed by atoms with van der Waals surface area (Å²) in [5.74, 6) is 0.996. The molecular weight excluding hydrogens is 250 g/mol. The Morgan fingerprint density at radius 1 is 1.30 bits per heavy atom. The summed E-state index contributed by atoms with van der Waals surface area (Å²) in [4.78, 5) is 2.50. The fraction of sp³-hybridized carbons (Fsp3) is 0.647. The standard InChI is InChI=1S/C17H27NO2/c1-14(2)20-17-9-4-3-7-15(17)13-18-11-6-5-8-16(18)10-12-19/h3-4,7,9,14,16,19H,5-6,8,10-13H2,1-2H3. The maximum Gasteiger partial charge on any atom is 0.124 e. The van der Waals surface area contributed by atoms with Gasteiger partial charge in [0.15, 0.2) is 0 Å². The minimum atomic E-state index is 0.200. The van der Waals surface area contributed by atoms with E-state index in [1.54, 1.807) is 0 Å². The first kappa shape index (κ1) is 15.3. The molecule has 0 bridgehead atoms. The van der Waals surface area contributed by atoms with Gasteiger partial charge in [-0.2, -0.15) is 0 Å². The number of aliphatic hydroxyl groups is 1. The molecule has 0 amide bonds. The van der Waals surface area contributed by atoms with Crippen molar-refractivity contribution in [2.75, 3.05) is 13.2 Å².